The van der Waals surface area contributed by atoms with E-state index < -0.39 is 6.08 Å². The van der Waals surface area contributed by atoms with Crippen molar-refractivity contribution in [2.75, 3.05) is 12.4 Å². The van der Waals surface area contributed by atoms with E-state index in [1.165, 1.54) is 17.8 Å². The lowest BCUT2D eigenvalue weighted by Crippen LogP contribution is -1.97. The number of hydrogen-bond acceptors (Lipinski definition) is 4. The highest BCUT2D eigenvalue weighted by atomic mass is 32.1. The third-order valence-corrected chi connectivity index (χ3v) is 2.28. The van der Waals surface area contributed by atoms with Gasteiger partial charge in [-0.1, -0.05) is 20.3 Å². The summed E-state index contributed by atoms with van der Waals surface area (Å²) in [5, 5.41) is 7.36. The molecule has 0 saturated heterocycles. The second-order valence-electron chi connectivity index (χ2n) is 2.97. The largest absolute Gasteiger partial charge is 0.372 e. The number of aromatic nitrogens is 2. The number of hydrogen-bond donors (Lipinski definition) is 1. The van der Waals surface area contributed by atoms with Crippen molar-refractivity contribution in [1.82, 2.24) is 9.97 Å². The lowest BCUT2D eigenvalue weighted by atomic mass is 10.4. The summed E-state index contributed by atoms with van der Waals surface area (Å²) in [5.74, 6) is 0.541. The van der Waals surface area contributed by atoms with Crippen LogP contribution in [0.1, 0.15) is 20.3 Å². The van der Waals surface area contributed by atoms with E-state index >= 15 is 0 Å². The SMILES string of the molecule is CCC.CNc1nc(F)nc2cscc12. The van der Waals surface area contributed by atoms with Crippen molar-refractivity contribution in [2.24, 2.45) is 0 Å². The van der Waals surface area contributed by atoms with Gasteiger partial charge in [0, 0.05) is 17.8 Å². The second kappa shape index (κ2) is 5.60. The van der Waals surface area contributed by atoms with E-state index in [-0.39, 0.29) is 0 Å². The van der Waals surface area contributed by atoms with Crippen LogP contribution in [0.3, 0.4) is 0 Å². The summed E-state index contributed by atoms with van der Waals surface area (Å²) in [6.45, 7) is 4.25. The van der Waals surface area contributed by atoms with Gasteiger partial charge in [0.1, 0.15) is 5.82 Å². The van der Waals surface area contributed by atoms with Gasteiger partial charge in [-0.25, -0.2) is 4.98 Å². The molecule has 0 spiro atoms. The molecule has 0 aliphatic heterocycles. The predicted molar refractivity (Wildman–Crippen MR) is 62.9 cm³/mol. The molecule has 1 N–H and O–H groups in total. The molecule has 0 aliphatic carbocycles. The van der Waals surface area contributed by atoms with Gasteiger partial charge in [0.2, 0.25) is 0 Å². The van der Waals surface area contributed by atoms with Gasteiger partial charge in [0.15, 0.2) is 0 Å². The van der Waals surface area contributed by atoms with Crippen molar-refractivity contribution in [1.29, 1.82) is 0 Å². The quantitative estimate of drug-likeness (QED) is 0.760. The van der Waals surface area contributed by atoms with Crippen LogP contribution in [0.25, 0.3) is 10.9 Å². The Labute approximate surface area is 92.4 Å². The number of rotatable bonds is 1. The number of thiophene rings is 1. The van der Waals surface area contributed by atoms with E-state index in [4.69, 9.17) is 0 Å². The predicted octanol–water partition coefficient (Wildman–Crippen LogP) is 3.29. The summed E-state index contributed by atoms with van der Waals surface area (Å²) >= 11 is 1.48. The summed E-state index contributed by atoms with van der Waals surface area (Å²) in [7, 11) is 1.71. The molecule has 0 aromatic carbocycles. The first-order valence-corrected chi connectivity index (χ1v) is 5.74. The molecule has 0 aliphatic rings. The summed E-state index contributed by atoms with van der Waals surface area (Å²) in [4.78, 5) is 7.25. The standard InChI is InChI=1S/C7H6FN3S.C3H8/c1-9-6-4-2-12-3-5(4)10-7(8)11-6;1-3-2/h2-3H,1H3,(H,9,10,11);3H2,1-2H3. The van der Waals surface area contributed by atoms with Gasteiger partial charge in [0.25, 0.3) is 0 Å². The highest BCUT2D eigenvalue weighted by molar-refractivity contribution is 7.09. The van der Waals surface area contributed by atoms with Crippen LogP contribution in [-0.2, 0) is 0 Å². The van der Waals surface area contributed by atoms with Gasteiger partial charge < -0.3 is 5.32 Å². The van der Waals surface area contributed by atoms with Crippen molar-refractivity contribution in [3.8, 4) is 0 Å². The van der Waals surface area contributed by atoms with E-state index in [1.807, 2.05) is 5.38 Å². The van der Waals surface area contributed by atoms with Crippen molar-refractivity contribution in [3.63, 3.8) is 0 Å². The van der Waals surface area contributed by atoms with Crippen LogP contribution in [0, 0.1) is 6.08 Å². The monoisotopic (exact) mass is 227 g/mol. The average molecular weight is 227 g/mol. The van der Waals surface area contributed by atoms with E-state index in [1.54, 1.807) is 12.4 Å². The molecule has 0 bridgehead atoms. The van der Waals surface area contributed by atoms with Gasteiger partial charge in [0.05, 0.1) is 10.9 Å². The highest BCUT2D eigenvalue weighted by Gasteiger charge is 2.05. The van der Waals surface area contributed by atoms with Gasteiger partial charge in [-0.15, -0.1) is 11.3 Å². The Balaban J connectivity index is 0.000000337. The van der Waals surface area contributed by atoms with Crippen molar-refractivity contribution in [2.45, 2.75) is 20.3 Å². The lowest BCUT2D eigenvalue weighted by Gasteiger charge is -1.99. The molecule has 0 unspecified atom stereocenters. The maximum absolute atomic E-state index is 12.7. The van der Waals surface area contributed by atoms with E-state index in [0.29, 0.717) is 11.3 Å². The molecule has 3 nitrogen and oxygen atoms in total. The number of halogens is 1. The fourth-order valence-electron chi connectivity index (χ4n) is 1.02. The van der Waals surface area contributed by atoms with Crippen molar-refractivity contribution < 1.29 is 4.39 Å². The zero-order chi connectivity index (χ0) is 11.3. The average Bonchev–Trinajstić information content (AvgIpc) is 2.65. The van der Waals surface area contributed by atoms with Crippen molar-refractivity contribution in [3.05, 3.63) is 16.8 Å². The number of fused-ring (bicyclic) bond motifs is 1. The minimum absolute atomic E-state index is 0.541. The van der Waals surface area contributed by atoms with Gasteiger partial charge >= 0.3 is 6.08 Å². The fourth-order valence-corrected chi connectivity index (χ4v) is 1.77. The summed E-state index contributed by atoms with van der Waals surface area (Å²) in [6, 6.07) is 0. The van der Waals surface area contributed by atoms with Crippen LogP contribution in [0.5, 0.6) is 0 Å². The number of nitrogens with zero attached hydrogens (tertiary/aromatic N) is 2. The summed E-state index contributed by atoms with van der Waals surface area (Å²) < 4.78 is 12.7. The maximum Gasteiger partial charge on any atom is 0.311 e. The number of nitrogens with one attached hydrogen (secondary N) is 1. The Hall–Kier alpha value is -1.23. The molecule has 2 heterocycles. The first-order chi connectivity index (χ1) is 7.22. The Morgan fingerprint density at radius 2 is 2.00 bits per heavy atom. The maximum atomic E-state index is 12.7. The Morgan fingerprint density at radius 3 is 2.60 bits per heavy atom. The second-order valence-corrected chi connectivity index (χ2v) is 3.71. The van der Waals surface area contributed by atoms with Crippen LogP contribution in [0.2, 0.25) is 0 Å². The molecule has 15 heavy (non-hydrogen) atoms. The Bertz CT molecular complexity index is 428. The Kier molecular flexibility index (Phi) is 4.42. The molecule has 2 rings (SSSR count). The molecule has 82 valence electrons. The van der Waals surface area contributed by atoms with Crippen LogP contribution in [0.15, 0.2) is 10.8 Å². The normalized spacial score (nSPS) is 9.60. The molecule has 2 aromatic heterocycles. The zero-order valence-corrected chi connectivity index (χ0v) is 9.86. The third-order valence-electron chi connectivity index (χ3n) is 1.55. The van der Waals surface area contributed by atoms with Gasteiger partial charge in [-0.05, 0) is 0 Å². The lowest BCUT2D eigenvalue weighted by molar-refractivity contribution is 0.546. The van der Waals surface area contributed by atoms with Crippen LogP contribution < -0.4 is 5.32 Å². The molecule has 0 saturated carbocycles. The van der Waals surface area contributed by atoms with E-state index in [2.05, 4.69) is 29.1 Å². The third kappa shape index (κ3) is 2.86. The molecular weight excluding hydrogens is 213 g/mol. The minimum atomic E-state index is -0.690. The first-order valence-electron chi connectivity index (χ1n) is 4.80. The summed E-state index contributed by atoms with van der Waals surface area (Å²) in [6.07, 6.45) is 0.560. The molecule has 2 aromatic rings. The van der Waals surface area contributed by atoms with E-state index in [0.717, 1.165) is 5.39 Å². The van der Waals surface area contributed by atoms with E-state index in [9.17, 15) is 4.39 Å². The molecule has 0 radical (unpaired) electrons. The zero-order valence-electron chi connectivity index (χ0n) is 9.04. The van der Waals surface area contributed by atoms with Crippen molar-refractivity contribution >= 4 is 28.1 Å². The molecule has 0 amide bonds. The minimum Gasteiger partial charge on any atom is -0.372 e. The van der Waals surface area contributed by atoms with Crippen LogP contribution in [0.4, 0.5) is 10.2 Å². The fraction of sp³-hybridized carbons (Fsp3) is 0.400. The topological polar surface area (TPSA) is 37.8 Å². The smallest absolute Gasteiger partial charge is 0.311 e. The summed E-state index contributed by atoms with van der Waals surface area (Å²) in [5.41, 5.74) is 0.650. The van der Waals surface area contributed by atoms with Gasteiger partial charge in [-0.2, -0.15) is 9.37 Å². The van der Waals surface area contributed by atoms with Crippen LogP contribution >= 0.6 is 11.3 Å². The molecule has 5 heteroatoms. The highest BCUT2D eigenvalue weighted by Crippen LogP contribution is 2.22. The molecule has 0 atom stereocenters. The number of anilines is 1. The first kappa shape index (κ1) is 11.8. The van der Waals surface area contributed by atoms with Crippen LogP contribution in [-0.4, -0.2) is 17.0 Å². The Morgan fingerprint density at radius 1 is 1.33 bits per heavy atom. The molecular formula is C10H14FN3S. The molecule has 0 fully saturated rings. The van der Waals surface area contributed by atoms with Gasteiger partial charge in [-0.3, -0.25) is 0 Å².